The molecule has 0 N–H and O–H groups in total. The second kappa shape index (κ2) is 29.5. The standard InChI is InChI=1S/2C11H22N2.4C10H20N2.CH4/c1-9(2)13-7-6-10-4-5-11(8-13)12(10)3;1-9(2)13-10-4-5-11(13)8-12(3)7-6-10;1-8(2)12-6-9-4-5-10(7-12)11(9)3;2*1-8(2)12-9-4-5-10(12)7-11(3)6-9;1-9(2)12-8-7-11-5-3-10(12)4-6-11;/h2*9-11H,4-8H2,1-3H3;3*8-10H,4-7H2,1-3H3;9-10H,3-8H2,1-2H3;1H4. The van der Waals surface area contributed by atoms with E-state index in [2.05, 4.69) is 177 Å². The normalized spacial score (nSPS) is 37.0. The number of nitrogens with zero attached hydrogens (tertiary/aromatic N) is 12. The highest BCUT2D eigenvalue weighted by atomic mass is 15.4. The van der Waals surface area contributed by atoms with Gasteiger partial charge in [0.05, 0.1) is 0 Å². The van der Waals surface area contributed by atoms with Gasteiger partial charge in [-0.1, -0.05) is 7.43 Å². The van der Waals surface area contributed by atoms with Gasteiger partial charge >= 0.3 is 0 Å². The SMILES string of the molecule is C.CC(C)N1C2CCC1CN(C)C2.CC(C)N1C2CCC1CN(C)C2.CC(C)N1C2CCC1CN(C)CC2.CC(C)N1CC2CCC(C1)N2C.CC(C)N1CCC2CCC(C1)N2C.CC(C)N1CCN2CCC1CC2. The lowest BCUT2D eigenvalue weighted by molar-refractivity contribution is 0.0566. The summed E-state index contributed by atoms with van der Waals surface area (Å²) in [5, 5.41) is 0. The number of hydrogen-bond acceptors (Lipinski definition) is 12. The van der Waals surface area contributed by atoms with E-state index in [9.17, 15) is 0 Å². The molecule has 75 heavy (non-hydrogen) atoms. The van der Waals surface area contributed by atoms with Crippen molar-refractivity contribution in [1.29, 1.82) is 0 Å². The van der Waals surface area contributed by atoms with Crippen molar-refractivity contribution in [2.75, 3.05) is 127 Å². The number of piperidine rings is 1. The minimum atomic E-state index is 0. The minimum Gasteiger partial charge on any atom is -0.305 e. The van der Waals surface area contributed by atoms with E-state index in [1.807, 2.05) is 0 Å². The first-order valence-electron chi connectivity index (χ1n) is 32.0. The Labute approximate surface area is 466 Å². The van der Waals surface area contributed by atoms with Gasteiger partial charge in [-0.15, -0.1) is 0 Å². The van der Waals surface area contributed by atoms with Crippen molar-refractivity contribution in [3.05, 3.63) is 0 Å². The summed E-state index contributed by atoms with van der Waals surface area (Å²) >= 11 is 0. The topological polar surface area (TPSA) is 38.9 Å². The van der Waals surface area contributed by atoms with E-state index in [0.29, 0.717) is 0 Å². The van der Waals surface area contributed by atoms with Crippen molar-refractivity contribution >= 4 is 0 Å². The van der Waals surface area contributed by atoms with Crippen LogP contribution in [0.5, 0.6) is 0 Å². The highest BCUT2D eigenvalue weighted by Crippen LogP contribution is 2.35. The first kappa shape index (κ1) is 63.7. The molecule has 10 unspecified atom stereocenters. The zero-order chi connectivity index (χ0) is 53.5. The maximum atomic E-state index is 2.75. The van der Waals surface area contributed by atoms with Gasteiger partial charge in [0.15, 0.2) is 0 Å². The number of piperazine rings is 3. The highest BCUT2D eigenvalue weighted by molar-refractivity contribution is 4.99. The second-order valence-corrected chi connectivity index (χ2v) is 28.2. The van der Waals surface area contributed by atoms with Crippen LogP contribution in [0.4, 0.5) is 0 Å². The molecule has 0 aromatic carbocycles. The molecule has 0 aliphatic carbocycles. The molecule has 13 rings (SSSR count). The van der Waals surface area contributed by atoms with E-state index in [0.717, 1.165) is 103 Å². The van der Waals surface area contributed by atoms with Gasteiger partial charge in [0, 0.05) is 168 Å². The molecule has 0 radical (unpaired) electrons. The van der Waals surface area contributed by atoms with Crippen LogP contribution in [0.15, 0.2) is 0 Å². The summed E-state index contributed by atoms with van der Waals surface area (Å²) in [6.45, 7) is 46.1. The maximum absolute atomic E-state index is 2.75. The molecule has 0 aromatic rings. The molecule has 13 aliphatic heterocycles. The Morgan fingerprint density at radius 1 is 0.253 bits per heavy atom. The molecule has 0 aromatic heterocycles. The second-order valence-electron chi connectivity index (χ2n) is 28.2. The van der Waals surface area contributed by atoms with Crippen molar-refractivity contribution in [2.45, 2.75) is 283 Å². The first-order valence-corrected chi connectivity index (χ1v) is 32.0. The van der Waals surface area contributed by atoms with E-state index in [4.69, 9.17) is 0 Å². The molecule has 0 spiro atoms. The third kappa shape index (κ3) is 16.8. The van der Waals surface area contributed by atoms with Crippen molar-refractivity contribution in [2.24, 2.45) is 0 Å². The zero-order valence-corrected chi connectivity index (χ0v) is 52.0. The summed E-state index contributed by atoms with van der Waals surface area (Å²) in [4.78, 5) is 31.4. The van der Waals surface area contributed by atoms with Crippen LogP contribution in [0, 0.1) is 0 Å². The van der Waals surface area contributed by atoms with Gasteiger partial charge in [-0.3, -0.25) is 39.2 Å². The predicted octanol–water partition coefficient (Wildman–Crippen LogP) is 8.46. The summed E-state index contributed by atoms with van der Waals surface area (Å²) in [5.74, 6) is 0. The average Bonchev–Trinajstić information content (AvgIpc) is 3.92. The molecule has 440 valence electrons. The Kier molecular flexibility index (Phi) is 25.0. The Hall–Kier alpha value is -0.480. The van der Waals surface area contributed by atoms with Crippen LogP contribution in [0.1, 0.15) is 180 Å². The predicted molar refractivity (Wildman–Crippen MR) is 324 cm³/mol. The third-order valence-corrected chi connectivity index (χ3v) is 21.2. The van der Waals surface area contributed by atoms with Gasteiger partial charge < -0.3 is 19.6 Å². The molecule has 13 saturated heterocycles. The number of hydrogen-bond donors (Lipinski definition) is 0. The molecule has 0 amide bonds. The third-order valence-electron chi connectivity index (χ3n) is 21.2. The molecule has 12 bridgehead atoms. The molecule has 13 heterocycles. The first-order chi connectivity index (χ1) is 35.2. The smallest absolute Gasteiger partial charge is 0.0229 e. The fraction of sp³-hybridized carbons (Fsp3) is 1.00. The Bertz CT molecular complexity index is 1520. The lowest BCUT2D eigenvalue weighted by atomic mass is 10.0. The van der Waals surface area contributed by atoms with E-state index in [-0.39, 0.29) is 7.43 Å². The molecular formula is C63H128N12. The molecule has 0 saturated carbocycles. The van der Waals surface area contributed by atoms with Crippen LogP contribution < -0.4 is 0 Å². The van der Waals surface area contributed by atoms with Gasteiger partial charge in [0.2, 0.25) is 0 Å². The number of likely N-dealkylation sites (N-methyl/N-ethyl adjacent to an activating group) is 5. The van der Waals surface area contributed by atoms with Crippen LogP contribution in [-0.2, 0) is 0 Å². The van der Waals surface area contributed by atoms with Crippen LogP contribution >= 0.6 is 0 Å². The van der Waals surface area contributed by atoms with Crippen molar-refractivity contribution in [3.8, 4) is 0 Å². The van der Waals surface area contributed by atoms with Crippen LogP contribution in [0.2, 0.25) is 0 Å². The van der Waals surface area contributed by atoms with Crippen LogP contribution in [0.3, 0.4) is 0 Å². The molecule has 10 atom stereocenters. The van der Waals surface area contributed by atoms with E-state index >= 15 is 0 Å². The summed E-state index contributed by atoms with van der Waals surface area (Å²) in [6, 6.07) is 13.9. The zero-order valence-electron chi connectivity index (χ0n) is 52.0. The number of likely N-dealkylation sites (tertiary alicyclic amines) is 5. The van der Waals surface area contributed by atoms with Crippen LogP contribution in [-0.4, -0.2) is 288 Å². The lowest BCUT2D eigenvalue weighted by Crippen LogP contribution is -2.54. The molecule has 13 fully saturated rings. The average molecular weight is 1050 g/mol. The maximum Gasteiger partial charge on any atom is 0.0229 e. The quantitative estimate of drug-likeness (QED) is 0.257. The summed E-state index contributed by atoms with van der Waals surface area (Å²) in [5.41, 5.74) is 0. The number of fused-ring (bicyclic) bond motifs is 14. The van der Waals surface area contributed by atoms with Gasteiger partial charge in [0.1, 0.15) is 0 Å². The Morgan fingerprint density at radius 2 is 0.587 bits per heavy atom. The molecular weight excluding hydrogens is 925 g/mol. The van der Waals surface area contributed by atoms with Gasteiger partial charge in [-0.2, -0.15) is 0 Å². The highest BCUT2D eigenvalue weighted by Gasteiger charge is 2.42. The Balaban J connectivity index is 0.000000146. The Morgan fingerprint density at radius 3 is 1.00 bits per heavy atom. The fourth-order valence-corrected chi connectivity index (χ4v) is 17.1. The molecule has 13 aliphatic rings. The number of rotatable bonds is 6. The largest absolute Gasteiger partial charge is 0.305 e. The van der Waals surface area contributed by atoms with E-state index in [1.165, 1.54) is 182 Å². The van der Waals surface area contributed by atoms with Crippen molar-refractivity contribution in [1.82, 2.24) is 58.8 Å². The molecule has 12 heteroatoms. The van der Waals surface area contributed by atoms with Crippen molar-refractivity contribution in [3.63, 3.8) is 0 Å². The van der Waals surface area contributed by atoms with Gasteiger partial charge in [-0.25, -0.2) is 0 Å². The lowest BCUT2D eigenvalue weighted by Gasteiger charge is -2.41. The summed E-state index contributed by atoms with van der Waals surface area (Å²) < 4.78 is 0. The van der Waals surface area contributed by atoms with E-state index < -0.39 is 0 Å². The summed E-state index contributed by atoms with van der Waals surface area (Å²) in [6.07, 6.45) is 19.8. The van der Waals surface area contributed by atoms with Gasteiger partial charge in [0.25, 0.3) is 0 Å². The summed E-state index contributed by atoms with van der Waals surface area (Å²) in [7, 11) is 11.4. The molecule has 12 nitrogen and oxygen atoms in total. The van der Waals surface area contributed by atoms with Crippen LogP contribution in [0.25, 0.3) is 0 Å². The van der Waals surface area contributed by atoms with Gasteiger partial charge in [-0.05, 0) is 234 Å². The fourth-order valence-electron chi connectivity index (χ4n) is 17.1. The van der Waals surface area contributed by atoms with E-state index in [1.54, 1.807) is 0 Å². The van der Waals surface area contributed by atoms with Crippen molar-refractivity contribution < 1.29 is 0 Å². The minimum absolute atomic E-state index is 0. The monoisotopic (exact) mass is 1050 g/mol.